The average Bonchev–Trinajstić information content (AvgIpc) is 2.57. The van der Waals surface area contributed by atoms with Gasteiger partial charge in [0.15, 0.2) is 5.78 Å². The number of fused-ring (bicyclic) bond motifs is 2. The zero-order chi connectivity index (χ0) is 12.5. The molecule has 0 spiro atoms. The summed E-state index contributed by atoms with van der Waals surface area (Å²) >= 11 is 1.71. The van der Waals surface area contributed by atoms with Crippen molar-refractivity contribution in [2.45, 2.75) is 10.6 Å². The van der Waals surface area contributed by atoms with Crippen molar-refractivity contribution < 1.29 is 9.53 Å². The number of carbonyl (C=O) groups is 1. The zero-order valence-corrected chi connectivity index (χ0v) is 10.8. The van der Waals surface area contributed by atoms with E-state index in [1.807, 2.05) is 42.5 Å². The predicted octanol–water partition coefficient (Wildman–Crippen LogP) is 3.53. The molecule has 0 fully saturated rings. The minimum absolute atomic E-state index is 0.0875. The maximum atomic E-state index is 12.5. The van der Waals surface area contributed by atoms with E-state index in [4.69, 9.17) is 4.74 Å². The first-order valence-electron chi connectivity index (χ1n) is 5.73. The van der Waals surface area contributed by atoms with Crippen LogP contribution in [0.5, 0.6) is 5.75 Å². The van der Waals surface area contributed by atoms with Gasteiger partial charge in [0, 0.05) is 21.8 Å². The summed E-state index contributed by atoms with van der Waals surface area (Å²) in [5, 5.41) is 0. The predicted molar refractivity (Wildman–Crippen MR) is 72.4 cm³/mol. The van der Waals surface area contributed by atoms with Crippen LogP contribution < -0.4 is 4.74 Å². The number of rotatable bonds is 1. The Morgan fingerprint density at radius 1 is 1.11 bits per heavy atom. The molecule has 2 aromatic carbocycles. The van der Waals surface area contributed by atoms with Crippen LogP contribution >= 0.6 is 11.8 Å². The van der Waals surface area contributed by atoms with Crippen LogP contribution in [-0.4, -0.2) is 12.9 Å². The van der Waals surface area contributed by atoms with Gasteiger partial charge < -0.3 is 4.74 Å². The van der Waals surface area contributed by atoms with Crippen LogP contribution in [-0.2, 0) is 5.75 Å². The molecule has 0 radical (unpaired) electrons. The fourth-order valence-electron chi connectivity index (χ4n) is 2.10. The highest BCUT2D eigenvalue weighted by molar-refractivity contribution is 7.98. The van der Waals surface area contributed by atoms with E-state index >= 15 is 0 Å². The minimum Gasteiger partial charge on any atom is -0.497 e. The van der Waals surface area contributed by atoms with Gasteiger partial charge in [-0.3, -0.25) is 4.79 Å². The highest BCUT2D eigenvalue weighted by Gasteiger charge is 2.21. The topological polar surface area (TPSA) is 26.3 Å². The summed E-state index contributed by atoms with van der Waals surface area (Å²) in [5.74, 6) is 1.64. The van der Waals surface area contributed by atoms with Crippen LogP contribution in [0, 0.1) is 0 Å². The number of benzene rings is 2. The van der Waals surface area contributed by atoms with Gasteiger partial charge in [-0.1, -0.05) is 18.2 Å². The molecule has 0 unspecified atom stereocenters. The maximum Gasteiger partial charge on any atom is 0.194 e. The van der Waals surface area contributed by atoms with Crippen molar-refractivity contribution in [1.82, 2.24) is 0 Å². The summed E-state index contributed by atoms with van der Waals surface area (Å²) in [7, 11) is 1.62. The van der Waals surface area contributed by atoms with Gasteiger partial charge >= 0.3 is 0 Å². The number of ether oxygens (including phenoxy) is 1. The van der Waals surface area contributed by atoms with Gasteiger partial charge in [0.1, 0.15) is 5.75 Å². The zero-order valence-electron chi connectivity index (χ0n) is 9.97. The van der Waals surface area contributed by atoms with Crippen LogP contribution in [0.15, 0.2) is 47.4 Å². The van der Waals surface area contributed by atoms with Crippen LogP contribution in [0.25, 0.3) is 0 Å². The van der Waals surface area contributed by atoms with Crippen LogP contribution in [0.1, 0.15) is 21.5 Å². The van der Waals surface area contributed by atoms with Gasteiger partial charge in [0.05, 0.1) is 7.11 Å². The van der Waals surface area contributed by atoms with Crippen molar-refractivity contribution in [2.75, 3.05) is 7.11 Å². The summed E-state index contributed by atoms with van der Waals surface area (Å²) in [4.78, 5) is 13.6. The van der Waals surface area contributed by atoms with E-state index in [-0.39, 0.29) is 5.78 Å². The number of carbonyl (C=O) groups excluding carboxylic acids is 1. The molecule has 0 aliphatic carbocycles. The van der Waals surface area contributed by atoms with Crippen LogP contribution in [0.2, 0.25) is 0 Å². The highest BCUT2D eigenvalue weighted by atomic mass is 32.2. The lowest BCUT2D eigenvalue weighted by Gasteiger charge is -2.06. The van der Waals surface area contributed by atoms with Gasteiger partial charge in [0.25, 0.3) is 0 Å². The van der Waals surface area contributed by atoms with Crippen molar-refractivity contribution in [1.29, 1.82) is 0 Å². The third-order valence-corrected chi connectivity index (χ3v) is 4.20. The number of hydrogen-bond acceptors (Lipinski definition) is 3. The van der Waals surface area contributed by atoms with Crippen LogP contribution in [0.3, 0.4) is 0 Å². The second-order valence-electron chi connectivity index (χ2n) is 4.14. The Morgan fingerprint density at radius 3 is 2.78 bits per heavy atom. The Kier molecular flexibility index (Phi) is 2.84. The molecular weight excluding hydrogens is 244 g/mol. The molecule has 2 aromatic rings. The van der Waals surface area contributed by atoms with E-state index in [9.17, 15) is 4.79 Å². The molecule has 0 saturated carbocycles. The largest absolute Gasteiger partial charge is 0.497 e. The fourth-order valence-corrected chi connectivity index (χ4v) is 3.15. The Bertz CT molecular complexity index is 620. The molecule has 0 saturated heterocycles. The van der Waals surface area contributed by atoms with Crippen molar-refractivity contribution >= 4 is 17.5 Å². The van der Waals surface area contributed by atoms with Crippen molar-refractivity contribution in [2.24, 2.45) is 0 Å². The van der Waals surface area contributed by atoms with Crippen LogP contribution in [0.4, 0.5) is 0 Å². The standard InChI is InChI=1S/C15H12O2S/c1-17-11-7-6-10-9-18-14-5-3-2-4-12(14)15(16)13(10)8-11/h2-8H,9H2,1H3. The average molecular weight is 256 g/mol. The highest BCUT2D eigenvalue weighted by Crippen LogP contribution is 2.34. The first-order chi connectivity index (χ1) is 8.79. The normalized spacial score (nSPS) is 13.5. The van der Waals surface area contributed by atoms with E-state index in [1.165, 1.54) is 0 Å². The second kappa shape index (κ2) is 4.50. The molecule has 18 heavy (non-hydrogen) atoms. The van der Waals surface area contributed by atoms with Crippen molar-refractivity contribution in [3.8, 4) is 5.75 Å². The lowest BCUT2D eigenvalue weighted by molar-refractivity contribution is 0.103. The summed E-state index contributed by atoms with van der Waals surface area (Å²) in [6.45, 7) is 0. The van der Waals surface area contributed by atoms with Crippen molar-refractivity contribution in [3.05, 3.63) is 59.2 Å². The molecule has 3 heteroatoms. The Balaban J connectivity index is 2.17. The van der Waals surface area contributed by atoms with E-state index in [1.54, 1.807) is 18.9 Å². The number of methoxy groups -OCH3 is 1. The monoisotopic (exact) mass is 256 g/mol. The number of thioether (sulfide) groups is 1. The summed E-state index contributed by atoms with van der Waals surface area (Å²) in [6, 6.07) is 13.5. The fraction of sp³-hybridized carbons (Fsp3) is 0.133. The summed E-state index contributed by atoms with van der Waals surface area (Å²) in [6.07, 6.45) is 0. The molecule has 90 valence electrons. The summed E-state index contributed by atoms with van der Waals surface area (Å²) in [5.41, 5.74) is 2.61. The van der Waals surface area contributed by atoms with E-state index < -0.39 is 0 Å². The molecule has 0 N–H and O–H groups in total. The molecule has 0 aromatic heterocycles. The van der Waals surface area contributed by atoms with E-state index in [0.717, 1.165) is 33.1 Å². The van der Waals surface area contributed by atoms with Gasteiger partial charge in [-0.15, -0.1) is 11.8 Å². The molecule has 1 aliphatic rings. The molecular formula is C15H12O2S. The maximum absolute atomic E-state index is 12.5. The molecule has 1 aliphatic heterocycles. The van der Waals surface area contributed by atoms with E-state index in [0.29, 0.717) is 0 Å². The lowest BCUT2D eigenvalue weighted by atomic mass is 9.99. The molecule has 2 nitrogen and oxygen atoms in total. The molecule has 0 amide bonds. The van der Waals surface area contributed by atoms with Gasteiger partial charge in [-0.05, 0) is 29.8 Å². The first kappa shape index (κ1) is 11.4. The Labute approximate surface area is 110 Å². The Morgan fingerprint density at radius 2 is 1.94 bits per heavy atom. The van der Waals surface area contributed by atoms with Gasteiger partial charge in [-0.2, -0.15) is 0 Å². The number of ketones is 1. The third kappa shape index (κ3) is 1.81. The molecule has 3 rings (SSSR count). The van der Waals surface area contributed by atoms with Gasteiger partial charge in [-0.25, -0.2) is 0 Å². The third-order valence-electron chi connectivity index (χ3n) is 3.08. The van der Waals surface area contributed by atoms with Crippen molar-refractivity contribution in [3.63, 3.8) is 0 Å². The van der Waals surface area contributed by atoms with E-state index in [2.05, 4.69) is 0 Å². The minimum atomic E-state index is 0.0875. The molecule has 0 bridgehead atoms. The smallest absolute Gasteiger partial charge is 0.194 e. The molecule has 0 atom stereocenters. The lowest BCUT2D eigenvalue weighted by Crippen LogP contribution is -2.04. The SMILES string of the molecule is COc1ccc2c(c1)C(=O)c1ccccc1SC2. The summed E-state index contributed by atoms with van der Waals surface area (Å²) < 4.78 is 5.20. The van der Waals surface area contributed by atoms with Gasteiger partial charge in [0.2, 0.25) is 0 Å². The molecule has 1 heterocycles. The second-order valence-corrected chi connectivity index (χ2v) is 5.15. The number of hydrogen-bond donors (Lipinski definition) is 0. The Hall–Kier alpha value is -1.74. The first-order valence-corrected chi connectivity index (χ1v) is 6.71. The quantitative estimate of drug-likeness (QED) is 0.780.